The first kappa shape index (κ1) is 22.3. The van der Waals surface area contributed by atoms with E-state index < -0.39 is 0 Å². The number of halogens is 1. The summed E-state index contributed by atoms with van der Waals surface area (Å²) in [4.78, 5) is 4.87. The summed E-state index contributed by atoms with van der Waals surface area (Å²) >= 11 is 0. The predicted molar refractivity (Wildman–Crippen MR) is 122 cm³/mol. The molecule has 0 saturated heterocycles. The summed E-state index contributed by atoms with van der Waals surface area (Å²) in [6, 6.07) is 6.55. The first-order valence-electron chi connectivity index (χ1n) is 10.0. The van der Waals surface area contributed by atoms with E-state index in [9.17, 15) is 0 Å². The quantitative estimate of drug-likeness (QED) is 0.318. The fraction of sp³-hybridized carbons (Fsp3) is 0.667. The minimum absolute atomic E-state index is 0. The number of methoxy groups -OCH3 is 1. The van der Waals surface area contributed by atoms with Crippen LogP contribution in [-0.2, 0) is 17.6 Å². The number of benzene rings is 1. The van der Waals surface area contributed by atoms with Gasteiger partial charge in [0.05, 0.1) is 6.61 Å². The Labute approximate surface area is 180 Å². The third-order valence-electron chi connectivity index (χ3n) is 5.63. The van der Waals surface area contributed by atoms with Gasteiger partial charge in [0.15, 0.2) is 5.96 Å². The normalized spacial score (nSPS) is 17.3. The Bertz CT molecular complexity index is 617. The lowest BCUT2D eigenvalue weighted by Crippen LogP contribution is -2.41. The van der Waals surface area contributed by atoms with Gasteiger partial charge in [0.2, 0.25) is 0 Å². The van der Waals surface area contributed by atoms with Crippen molar-refractivity contribution in [2.24, 2.45) is 10.4 Å². The number of hydrogen-bond acceptors (Lipinski definition) is 3. The lowest BCUT2D eigenvalue weighted by Gasteiger charge is -2.40. The highest BCUT2D eigenvalue weighted by molar-refractivity contribution is 14.0. The van der Waals surface area contributed by atoms with E-state index >= 15 is 0 Å². The van der Waals surface area contributed by atoms with E-state index in [0.717, 1.165) is 63.8 Å². The van der Waals surface area contributed by atoms with Crippen LogP contribution in [0, 0.1) is 5.41 Å². The fourth-order valence-electron chi connectivity index (χ4n) is 3.79. The van der Waals surface area contributed by atoms with E-state index in [-0.39, 0.29) is 24.0 Å². The molecule has 0 amide bonds. The Morgan fingerprint density at radius 2 is 2.15 bits per heavy atom. The average Bonchev–Trinajstić information content (AvgIpc) is 3.08. The fourth-order valence-corrected chi connectivity index (χ4v) is 3.79. The van der Waals surface area contributed by atoms with Crippen LogP contribution in [0.3, 0.4) is 0 Å². The largest absolute Gasteiger partial charge is 0.493 e. The molecular weight excluding hydrogens is 453 g/mol. The molecular formula is C21H34IN3O2. The van der Waals surface area contributed by atoms with Crippen molar-refractivity contribution in [2.75, 3.05) is 40.0 Å². The topological polar surface area (TPSA) is 54.9 Å². The van der Waals surface area contributed by atoms with Gasteiger partial charge in [0.1, 0.15) is 5.75 Å². The van der Waals surface area contributed by atoms with Gasteiger partial charge in [-0.1, -0.05) is 18.6 Å². The van der Waals surface area contributed by atoms with E-state index in [1.54, 1.807) is 7.11 Å². The molecule has 1 aromatic carbocycles. The van der Waals surface area contributed by atoms with Crippen LogP contribution in [0.2, 0.25) is 0 Å². The molecule has 5 nitrogen and oxygen atoms in total. The molecule has 1 aromatic rings. The van der Waals surface area contributed by atoms with Crippen LogP contribution >= 0.6 is 24.0 Å². The molecule has 0 bridgehead atoms. The third-order valence-corrected chi connectivity index (χ3v) is 5.63. The van der Waals surface area contributed by atoms with Crippen molar-refractivity contribution in [3.63, 3.8) is 0 Å². The minimum atomic E-state index is 0. The molecule has 1 fully saturated rings. The molecule has 0 aromatic heterocycles. The van der Waals surface area contributed by atoms with Gasteiger partial charge in [0.25, 0.3) is 0 Å². The van der Waals surface area contributed by atoms with Crippen LogP contribution in [-0.4, -0.2) is 45.9 Å². The molecule has 6 heteroatoms. The van der Waals surface area contributed by atoms with Crippen LogP contribution < -0.4 is 15.4 Å². The van der Waals surface area contributed by atoms with Gasteiger partial charge in [0, 0.05) is 39.8 Å². The number of nitrogens with one attached hydrogen (secondary N) is 2. The molecule has 2 N–H and O–H groups in total. The van der Waals surface area contributed by atoms with Crippen molar-refractivity contribution in [3.05, 3.63) is 29.3 Å². The van der Waals surface area contributed by atoms with E-state index in [0.29, 0.717) is 5.41 Å². The Morgan fingerprint density at radius 1 is 1.30 bits per heavy atom. The molecule has 1 saturated carbocycles. The van der Waals surface area contributed by atoms with Crippen molar-refractivity contribution in [2.45, 2.75) is 45.4 Å². The zero-order valence-electron chi connectivity index (χ0n) is 16.7. The van der Waals surface area contributed by atoms with E-state index in [4.69, 9.17) is 14.5 Å². The summed E-state index contributed by atoms with van der Waals surface area (Å²) in [5.74, 6) is 1.99. The van der Waals surface area contributed by atoms with Crippen molar-refractivity contribution in [1.82, 2.24) is 10.6 Å². The number of hydrogen-bond donors (Lipinski definition) is 2. The van der Waals surface area contributed by atoms with Crippen LogP contribution in [0.4, 0.5) is 0 Å². The van der Waals surface area contributed by atoms with Gasteiger partial charge in [-0.15, -0.1) is 24.0 Å². The second-order valence-electron chi connectivity index (χ2n) is 7.51. The predicted octanol–water partition coefficient (Wildman–Crippen LogP) is 3.54. The Kier molecular flexibility index (Phi) is 9.15. The number of nitrogens with zero attached hydrogens (tertiary/aromatic N) is 1. The maximum atomic E-state index is 5.58. The Hall–Kier alpha value is -1.02. The highest BCUT2D eigenvalue weighted by atomic mass is 127. The zero-order chi connectivity index (χ0) is 18.2. The summed E-state index contributed by atoms with van der Waals surface area (Å²) in [7, 11) is 1.78. The lowest BCUT2D eigenvalue weighted by molar-refractivity contribution is 0.0778. The van der Waals surface area contributed by atoms with Gasteiger partial charge < -0.3 is 20.1 Å². The molecule has 1 aliphatic carbocycles. The Morgan fingerprint density at radius 3 is 2.85 bits per heavy atom. The molecule has 3 rings (SSSR count). The number of aliphatic imine (C=N–C) groups is 1. The second-order valence-corrected chi connectivity index (χ2v) is 7.51. The van der Waals surface area contributed by atoms with E-state index in [1.165, 1.54) is 30.4 Å². The van der Waals surface area contributed by atoms with Gasteiger partial charge in [-0.2, -0.15) is 0 Å². The summed E-state index contributed by atoms with van der Waals surface area (Å²) < 4.78 is 10.9. The van der Waals surface area contributed by atoms with Crippen molar-refractivity contribution < 1.29 is 9.47 Å². The monoisotopic (exact) mass is 487 g/mol. The van der Waals surface area contributed by atoms with Gasteiger partial charge >= 0.3 is 0 Å². The second kappa shape index (κ2) is 11.1. The van der Waals surface area contributed by atoms with Crippen LogP contribution in [0.15, 0.2) is 23.2 Å². The number of guanidine groups is 1. The highest BCUT2D eigenvalue weighted by Crippen LogP contribution is 2.44. The number of rotatable bonds is 9. The van der Waals surface area contributed by atoms with Crippen LogP contribution in [0.1, 0.15) is 43.7 Å². The summed E-state index contributed by atoms with van der Waals surface area (Å²) in [5.41, 5.74) is 3.06. The highest BCUT2D eigenvalue weighted by Gasteiger charge is 2.36. The Balaban J connectivity index is 0.00000261. The van der Waals surface area contributed by atoms with Gasteiger partial charge in [-0.25, -0.2) is 0 Å². The average molecular weight is 487 g/mol. The first-order chi connectivity index (χ1) is 12.7. The standard InChI is InChI=1S/C21H33N3O2.HI/c1-3-22-20(24-16-21(9-4-10-21)11-14-25-2)23-12-7-17-5-6-19-18(15-17)8-13-26-19;/h5-6,15H,3-4,7-14,16H2,1-2H3,(H2,22,23,24);1H. The smallest absolute Gasteiger partial charge is 0.191 e. The van der Waals surface area contributed by atoms with E-state index in [2.05, 4.69) is 35.8 Å². The first-order valence-corrected chi connectivity index (χ1v) is 10.0. The maximum absolute atomic E-state index is 5.58. The lowest BCUT2D eigenvalue weighted by atomic mass is 9.67. The molecule has 0 spiro atoms. The van der Waals surface area contributed by atoms with Gasteiger partial charge in [-0.3, -0.25) is 4.99 Å². The third kappa shape index (κ3) is 6.24. The van der Waals surface area contributed by atoms with Gasteiger partial charge in [-0.05, 0) is 55.2 Å². The maximum Gasteiger partial charge on any atom is 0.191 e. The SMILES string of the molecule is CCNC(=NCC1(CCOC)CCC1)NCCc1ccc2c(c1)CCO2.I. The molecule has 2 aliphatic rings. The summed E-state index contributed by atoms with van der Waals surface area (Å²) in [6.07, 6.45) is 7.01. The molecule has 27 heavy (non-hydrogen) atoms. The molecule has 152 valence electrons. The zero-order valence-corrected chi connectivity index (χ0v) is 19.0. The molecule has 0 radical (unpaired) electrons. The minimum Gasteiger partial charge on any atom is -0.493 e. The molecule has 1 aliphatic heterocycles. The van der Waals surface area contributed by atoms with E-state index in [1.807, 2.05) is 0 Å². The molecule has 0 atom stereocenters. The summed E-state index contributed by atoms with van der Waals surface area (Å²) in [6.45, 7) is 6.42. The number of fused-ring (bicyclic) bond motifs is 1. The van der Waals surface area contributed by atoms with Crippen molar-refractivity contribution >= 4 is 29.9 Å². The van der Waals surface area contributed by atoms with Crippen molar-refractivity contribution in [3.8, 4) is 5.75 Å². The van der Waals surface area contributed by atoms with Crippen LogP contribution in [0.25, 0.3) is 0 Å². The summed E-state index contributed by atoms with van der Waals surface area (Å²) in [5, 5.41) is 6.87. The van der Waals surface area contributed by atoms with Crippen LogP contribution in [0.5, 0.6) is 5.75 Å². The molecule has 1 heterocycles. The molecule has 0 unspecified atom stereocenters. The number of ether oxygens (including phenoxy) is 2. The van der Waals surface area contributed by atoms with Crippen molar-refractivity contribution in [1.29, 1.82) is 0 Å².